The molecule has 31 heavy (non-hydrogen) atoms. The summed E-state index contributed by atoms with van der Waals surface area (Å²) in [7, 11) is 0. The van der Waals surface area contributed by atoms with E-state index in [0.29, 0.717) is 35.2 Å². The summed E-state index contributed by atoms with van der Waals surface area (Å²) >= 11 is 6.42. The van der Waals surface area contributed by atoms with Crippen molar-refractivity contribution in [3.8, 4) is 11.3 Å². The standard InChI is InChI=1S/C22H28ClN5O3/c1-5-12-6-7-13(8-14(12)23)19-18(20(24)29)15-9-27(21(30)25-22(2,3)4)16-10-31-11-17(16)28(15)26-19/h6-8,16-17H,5,9-11H2,1-4H3,(H2,24,29)(H,25,30)/t16-,17+/m1/s1. The van der Waals surface area contributed by atoms with Gasteiger partial charge >= 0.3 is 6.03 Å². The van der Waals surface area contributed by atoms with Crippen LogP contribution in [0.5, 0.6) is 0 Å². The van der Waals surface area contributed by atoms with Crippen LogP contribution >= 0.6 is 11.6 Å². The fourth-order valence-electron chi connectivity index (χ4n) is 4.29. The van der Waals surface area contributed by atoms with Gasteiger partial charge in [-0.15, -0.1) is 0 Å². The summed E-state index contributed by atoms with van der Waals surface area (Å²) in [5.41, 5.74) is 8.57. The number of ether oxygens (including phenoxy) is 1. The van der Waals surface area contributed by atoms with Crippen molar-refractivity contribution in [2.24, 2.45) is 5.73 Å². The molecule has 2 atom stereocenters. The molecule has 2 aromatic rings. The highest BCUT2D eigenvalue weighted by Crippen LogP contribution is 2.37. The molecule has 4 rings (SSSR count). The van der Waals surface area contributed by atoms with E-state index >= 15 is 0 Å². The molecule has 8 nitrogen and oxygen atoms in total. The molecular weight excluding hydrogens is 418 g/mol. The molecule has 3 amide bonds. The number of carbonyl (C=O) groups is 2. The lowest BCUT2D eigenvalue weighted by Gasteiger charge is -2.38. The van der Waals surface area contributed by atoms with E-state index in [1.165, 1.54) is 0 Å². The minimum absolute atomic E-state index is 0.172. The summed E-state index contributed by atoms with van der Waals surface area (Å²) in [5, 5.41) is 8.40. The Hall–Kier alpha value is -2.58. The van der Waals surface area contributed by atoms with Gasteiger partial charge in [-0.1, -0.05) is 30.7 Å². The molecule has 1 aromatic heterocycles. The number of aromatic nitrogens is 2. The second-order valence-corrected chi connectivity index (χ2v) is 9.53. The Balaban J connectivity index is 1.81. The molecule has 1 saturated heterocycles. The van der Waals surface area contributed by atoms with E-state index in [-0.39, 0.29) is 30.2 Å². The molecule has 9 heteroatoms. The van der Waals surface area contributed by atoms with Crippen molar-refractivity contribution in [2.45, 2.75) is 58.3 Å². The van der Waals surface area contributed by atoms with Crippen LogP contribution in [0.2, 0.25) is 5.02 Å². The molecule has 0 aliphatic carbocycles. The van der Waals surface area contributed by atoms with Gasteiger partial charge in [0, 0.05) is 16.1 Å². The Morgan fingerprint density at radius 1 is 1.29 bits per heavy atom. The third kappa shape index (κ3) is 3.90. The lowest BCUT2D eigenvalue weighted by atomic mass is 10.0. The highest BCUT2D eigenvalue weighted by Gasteiger charge is 2.45. The van der Waals surface area contributed by atoms with E-state index in [4.69, 9.17) is 27.2 Å². The van der Waals surface area contributed by atoms with Crippen molar-refractivity contribution in [3.63, 3.8) is 0 Å². The number of hydrogen-bond acceptors (Lipinski definition) is 4. The van der Waals surface area contributed by atoms with Gasteiger partial charge in [0.2, 0.25) is 0 Å². The van der Waals surface area contributed by atoms with E-state index in [9.17, 15) is 9.59 Å². The first-order valence-corrected chi connectivity index (χ1v) is 10.8. The maximum atomic E-state index is 13.0. The molecule has 2 aliphatic rings. The molecule has 2 aliphatic heterocycles. The third-order valence-corrected chi connectivity index (χ3v) is 6.11. The number of amides is 3. The minimum Gasteiger partial charge on any atom is -0.377 e. The van der Waals surface area contributed by atoms with Crippen molar-refractivity contribution in [1.29, 1.82) is 0 Å². The summed E-state index contributed by atoms with van der Waals surface area (Å²) in [6, 6.07) is 5.09. The number of aryl methyl sites for hydroxylation is 1. The first kappa shape index (κ1) is 21.6. The van der Waals surface area contributed by atoms with Crippen LogP contribution in [-0.2, 0) is 17.7 Å². The molecule has 0 radical (unpaired) electrons. The monoisotopic (exact) mass is 445 g/mol. The number of benzene rings is 1. The smallest absolute Gasteiger partial charge is 0.318 e. The predicted molar refractivity (Wildman–Crippen MR) is 118 cm³/mol. The number of rotatable bonds is 3. The zero-order chi connectivity index (χ0) is 22.5. The van der Waals surface area contributed by atoms with E-state index < -0.39 is 5.91 Å². The fraction of sp³-hybridized carbons (Fsp3) is 0.500. The molecule has 0 spiro atoms. The SMILES string of the molecule is CCc1ccc(-c2nn3c(c2C(N)=O)CN(C(=O)NC(C)(C)C)[C@@H]2COC[C@@H]23)cc1Cl. The fourth-order valence-corrected chi connectivity index (χ4v) is 4.61. The minimum atomic E-state index is -0.583. The van der Waals surface area contributed by atoms with Gasteiger partial charge in [0.1, 0.15) is 5.69 Å². The van der Waals surface area contributed by atoms with E-state index in [1.807, 2.05) is 50.6 Å². The van der Waals surface area contributed by atoms with Crippen LogP contribution in [0, 0.1) is 0 Å². The lowest BCUT2D eigenvalue weighted by molar-refractivity contribution is 0.0989. The lowest BCUT2D eigenvalue weighted by Crippen LogP contribution is -2.56. The van der Waals surface area contributed by atoms with E-state index in [0.717, 1.165) is 17.5 Å². The van der Waals surface area contributed by atoms with Gasteiger partial charge in [0.15, 0.2) is 0 Å². The van der Waals surface area contributed by atoms with Crippen molar-refractivity contribution in [1.82, 2.24) is 20.0 Å². The van der Waals surface area contributed by atoms with Crippen LogP contribution in [0.4, 0.5) is 4.79 Å². The number of carbonyl (C=O) groups excluding carboxylic acids is 2. The van der Waals surface area contributed by atoms with Gasteiger partial charge < -0.3 is 20.7 Å². The van der Waals surface area contributed by atoms with Gasteiger partial charge in [0.25, 0.3) is 5.91 Å². The molecule has 0 saturated carbocycles. The van der Waals surface area contributed by atoms with Crippen LogP contribution in [0.15, 0.2) is 18.2 Å². The maximum absolute atomic E-state index is 13.0. The molecule has 3 heterocycles. The number of primary amides is 1. The number of urea groups is 1. The highest BCUT2D eigenvalue weighted by atomic mass is 35.5. The van der Waals surface area contributed by atoms with Crippen LogP contribution in [-0.4, -0.2) is 51.4 Å². The summed E-state index contributed by atoms with van der Waals surface area (Å²) in [4.78, 5) is 27.3. The molecule has 1 aromatic carbocycles. The number of fused-ring (bicyclic) bond motifs is 3. The Bertz CT molecular complexity index is 1040. The highest BCUT2D eigenvalue weighted by molar-refractivity contribution is 6.31. The molecular formula is C22H28ClN5O3. The number of halogens is 1. The van der Waals surface area contributed by atoms with Crippen molar-refractivity contribution < 1.29 is 14.3 Å². The number of nitrogens with zero attached hydrogens (tertiary/aromatic N) is 3. The van der Waals surface area contributed by atoms with Crippen LogP contribution < -0.4 is 11.1 Å². The molecule has 3 N–H and O–H groups in total. The summed E-state index contributed by atoms with van der Waals surface area (Å²) in [6.07, 6.45) is 0.806. The Morgan fingerprint density at radius 2 is 2.00 bits per heavy atom. The zero-order valence-electron chi connectivity index (χ0n) is 18.2. The van der Waals surface area contributed by atoms with Crippen molar-refractivity contribution in [3.05, 3.63) is 40.0 Å². The summed E-state index contributed by atoms with van der Waals surface area (Å²) < 4.78 is 7.52. The van der Waals surface area contributed by atoms with Gasteiger partial charge in [-0.3, -0.25) is 9.48 Å². The zero-order valence-corrected chi connectivity index (χ0v) is 19.0. The van der Waals surface area contributed by atoms with Gasteiger partial charge in [-0.05, 0) is 38.8 Å². The van der Waals surface area contributed by atoms with Gasteiger partial charge in [0.05, 0.1) is 43.1 Å². The Morgan fingerprint density at radius 3 is 2.61 bits per heavy atom. The normalized spacial score (nSPS) is 20.4. The average molecular weight is 446 g/mol. The second-order valence-electron chi connectivity index (χ2n) is 9.12. The second kappa shape index (κ2) is 7.84. The molecule has 0 bridgehead atoms. The topological polar surface area (TPSA) is 102 Å². The average Bonchev–Trinajstić information content (AvgIpc) is 3.30. The van der Waals surface area contributed by atoms with Crippen molar-refractivity contribution >= 4 is 23.5 Å². The Kier molecular flexibility index (Phi) is 5.47. The first-order chi connectivity index (χ1) is 14.6. The van der Waals surface area contributed by atoms with Crippen LogP contribution in [0.1, 0.15) is 55.4 Å². The summed E-state index contributed by atoms with van der Waals surface area (Å²) in [6.45, 7) is 8.86. The maximum Gasteiger partial charge on any atom is 0.318 e. The number of nitrogens with one attached hydrogen (secondary N) is 1. The largest absolute Gasteiger partial charge is 0.377 e. The predicted octanol–water partition coefficient (Wildman–Crippen LogP) is 3.13. The Labute approximate surface area is 186 Å². The van der Waals surface area contributed by atoms with E-state index in [1.54, 1.807) is 4.90 Å². The van der Waals surface area contributed by atoms with Crippen LogP contribution in [0.25, 0.3) is 11.3 Å². The molecule has 1 fully saturated rings. The first-order valence-electron chi connectivity index (χ1n) is 10.5. The molecule has 166 valence electrons. The van der Waals surface area contributed by atoms with Gasteiger partial charge in [-0.2, -0.15) is 5.10 Å². The number of nitrogens with two attached hydrogens (primary N) is 1. The summed E-state index contributed by atoms with van der Waals surface area (Å²) in [5.74, 6) is -0.583. The molecule has 0 unspecified atom stereocenters. The van der Waals surface area contributed by atoms with E-state index in [2.05, 4.69) is 5.32 Å². The quantitative estimate of drug-likeness (QED) is 0.757. The third-order valence-electron chi connectivity index (χ3n) is 5.76. The van der Waals surface area contributed by atoms with Crippen LogP contribution in [0.3, 0.4) is 0 Å². The number of hydrogen-bond donors (Lipinski definition) is 2. The van der Waals surface area contributed by atoms with Crippen molar-refractivity contribution in [2.75, 3.05) is 13.2 Å². The van der Waals surface area contributed by atoms with Gasteiger partial charge in [-0.25, -0.2) is 4.79 Å².